The molecule has 9 nitrogen and oxygen atoms in total. The Morgan fingerprint density at radius 2 is 2.10 bits per heavy atom. The van der Waals surface area contributed by atoms with Crippen molar-refractivity contribution in [3.05, 3.63) is 30.3 Å². The average molecular weight is 393 g/mol. The lowest BCUT2D eigenvalue weighted by atomic mass is 10.2. The van der Waals surface area contributed by atoms with Crippen molar-refractivity contribution in [2.45, 2.75) is 32.6 Å². The minimum absolute atomic E-state index is 0.0612. The summed E-state index contributed by atoms with van der Waals surface area (Å²) in [6.07, 6.45) is -0.823. The topological polar surface area (TPSA) is 131 Å². The standard InChI is InChI=1S/C20H19N5O4/c1-9-8-25-17-14(6-12(7-16(17)27-9)28-10(2)18(21)26)23-19(25)11-3-4-15-13(5-11)24-20(22)29-15/h3-7,9-10H,8H2,1-2H3,(H2,21,26)(H2,22,24)/t9-,10?/m1/s1. The minimum Gasteiger partial charge on any atom is -0.486 e. The van der Waals surface area contributed by atoms with Gasteiger partial charge >= 0.3 is 0 Å². The zero-order valence-electron chi connectivity index (χ0n) is 15.9. The van der Waals surface area contributed by atoms with Gasteiger partial charge in [-0.2, -0.15) is 4.98 Å². The molecule has 2 aromatic heterocycles. The van der Waals surface area contributed by atoms with Crippen LogP contribution in [0.3, 0.4) is 0 Å². The first kappa shape index (κ1) is 17.4. The molecule has 9 heteroatoms. The average Bonchev–Trinajstić information content (AvgIpc) is 3.20. The second kappa shape index (κ2) is 6.13. The number of oxazole rings is 1. The molecule has 1 aliphatic heterocycles. The fourth-order valence-electron chi connectivity index (χ4n) is 3.62. The minimum atomic E-state index is -0.762. The molecule has 0 aliphatic carbocycles. The number of nitrogens with two attached hydrogens (primary N) is 2. The Morgan fingerprint density at radius 1 is 1.28 bits per heavy atom. The molecule has 1 aliphatic rings. The SMILES string of the molecule is CC(Oc1cc2c3c(c1)nc(-c1ccc4oc(N)nc4c1)n3C[C@@H](C)O2)C(N)=O. The molecule has 0 spiro atoms. The van der Waals surface area contributed by atoms with Gasteiger partial charge in [0.25, 0.3) is 11.9 Å². The van der Waals surface area contributed by atoms with E-state index >= 15 is 0 Å². The van der Waals surface area contributed by atoms with E-state index in [2.05, 4.69) is 9.55 Å². The molecule has 2 atom stereocenters. The van der Waals surface area contributed by atoms with E-state index in [1.807, 2.05) is 25.1 Å². The van der Waals surface area contributed by atoms with Crippen molar-refractivity contribution in [3.63, 3.8) is 0 Å². The van der Waals surface area contributed by atoms with Gasteiger partial charge in [0.2, 0.25) is 0 Å². The van der Waals surface area contributed by atoms with Crippen LogP contribution in [-0.4, -0.2) is 32.7 Å². The number of ether oxygens (including phenoxy) is 2. The van der Waals surface area contributed by atoms with Crippen LogP contribution in [0.25, 0.3) is 33.5 Å². The number of carbonyl (C=O) groups is 1. The summed E-state index contributed by atoms with van der Waals surface area (Å²) in [5.74, 6) is 1.36. The molecule has 3 heterocycles. The van der Waals surface area contributed by atoms with Gasteiger partial charge in [-0.1, -0.05) is 0 Å². The van der Waals surface area contributed by atoms with Crippen LogP contribution >= 0.6 is 0 Å². The van der Waals surface area contributed by atoms with E-state index in [0.717, 1.165) is 16.9 Å². The molecular weight excluding hydrogens is 374 g/mol. The number of imidazole rings is 1. The predicted molar refractivity (Wildman–Crippen MR) is 107 cm³/mol. The van der Waals surface area contributed by atoms with Crippen molar-refractivity contribution in [2.75, 3.05) is 5.73 Å². The number of carbonyl (C=O) groups excluding carboxylic acids is 1. The van der Waals surface area contributed by atoms with Gasteiger partial charge in [-0.05, 0) is 32.0 Å². The third-order valence-corrected chi connectivity index (χ3v) is 4.92. The predicted octanol–water partition coefficient (Wildman–Crippen LogP) is 2.46. The number of nitrogen functional groups attached to an aromatic ring is 1. The van der Waals surface area contributed by atoms with Gasteiger partial charge in [-0.15, -0.1) is 0 Å². The Balaban J connectivity index is 1.67. The zero-order chi connectivity index (χ0) is 20.3. The van der Waals surface area contributed by atoms with Gasteiger partial charge in [-0.25, -0.2) is 4.98 Å². The fraction of sp³-hybridized carbons (Fsp3) is 0.250. The molecule has 0 saturated carbocycles. The van der Waals surface area contributed by atoms with Crippen LogP contribution in [0, 0.1) is 0 Å². The highest BCUT2D eigenvalue weighted by molar-refractivity contribution is 5.89. The zero-order valence-corrected chi connectivity index (χ0v) is 15.9. The molecule has 4 N–H and O–H groups in total. The molecule has 0 bridgehead atoms. The molecule has 2 aromatic carbocycles. The van der Waals surface area contributed by atoms with E-state index in [4.69, 9.17) is 30.3 Å². The van der Waals surface area contributed by atoms with Crippen LogP contribution in [-0.2, 0) is 11.3 Å². The summed E-state index contributed by atoms with van der Waals surface area (Å²) in [5, 5.41) is 0. The fourth-order valence-corrected chi connectivity index (χ4v) is 3.62. The number of rotatable bonds is 4. The van der Waals surface area contributed by atoms with Crippen molar-refractivity contribution in [1.29, 1.82) is 0 Å². The summed E-state index contributed by atoms with van der Waals surface area (Å²) in [6.45, 7) is 4.24. The summed E-state index contributed by atoms with van der Waals surface area (Å²) in [4.78, 5) is 20.4. The van der Waals surface area contributed by atoms with E-state index in [1.54, 1.807) is 19.1 Å². The smallest absolute Gasteiger partial charge is 0.292 e. The third-order valence-electron chi connectivity index (χ3n) is 4.92. The van der Waals surface area contributed by atoms with E-state index in [9.17, 15) is 4.79 Å². The van der Waals surface area contributed by atoms with Crippen molar-refractivity contribution < 1.29 is 18.7 Å². The van der Waals surface area contributed by atoms with E-state index < -0.39 is 12.0 Å². The number of nitrogens with zero attached hydrogens (tertiary/aromatic N) is 3. The molecule has 4 aromatic rings. The van der Waals surface area contributed by atoms with Gasteiger partial charge in [0.05, 0.1) is 12.1 Å². The molecule has 148 valence electrons. The lowest BCUT2D eigenvalue weighted by Gasteiger charge is -2.24. The summed E-state index contributed by atoms with van der Waals surface area (Å²) >= 11 is 0. The summed E-state index contributed by atoms with van der Waals surface area (Å²) in [6, 6.07) is 9.32. The number of amides is 1. The first-order valence-corrected chi connectivity index (χ1v) is 9.22. The lowest BCUT2D eigenvalue weighted by Crippen LogP contribution is -2.30. The van der Waals surface area contributed by atoms with Gasteiger partial charge in [0.1, 0.15) is 34.5 Å². The maximum Gasteiger partial charge on any atom is 0.292 e. The monoisotopic (exact) mass is 393 g/mol. The van der Waals surface area contributed by atoms with Crippen molar-refractivity contribution in [3.8, 4) is 22.9 Å². The normalized spacial score (nSPS) is 16.7. The Bertz CT molecular complexity index is 1280. The Morgan fingerprint density at radius 3 is 2.90 bits per heavy atom. The molecular formula is C20H19N5O4. The quantitative estimate of drug-likeness (QED) is 0.544. The number of fused-ring (bicyclic) bond motifs is 1. The number of primary amides is 1. The second-order valence-corrected chi connectivity index (χ2v) is 7.16. The highest BCUT2D eigenvalue weighted by Gasteiger charge is 2.26. The second-order valence-electron chi connectivity index (χ2n) is 7.16. The Hall–Kier alpha value is -3.75. The van der Waals surface area contributed by atoms with Gasteiger partial charge in [-0.3, -0.25) is 4.79 Å². The third kappa shape index (κ3) is 2.82. The number of hydrogen-bond acceptors (Lipinski definition) is 7. The molecule has 0 fully saturated rings. The number of anilines is 1. The maximum absolute atomic E-state index is 11.4. The molecule has 0 radical (unpaired) electrons. The van der Waals surface area contributed by atoms with Crippen LogP contribution in [0.2, 0.25) is 0 Å². The summed E-state index contributed by atoms with van der Waals surface area (Å²) in [7, 11) is 0. The maximum atomic E-state index is 11.4. The highest BCUT2D eigenvalue weighted by atomic mass is 16.5. The van der Waals surface area contributed by atoms with Crippen molar-refractivity contribution in [1.82, 2.24) is 14.5 Å². The Labute approximate surface area is 165 Å². The summed E-state index contributed by atoms with van der Waals surface area (Å²) in [5.41, 5.74) is 14.7. The van der Waals surface area contributed by atoms with Crippen molar-refractivity contribution >= 4 is 34.1 Å². The van der Waals surface area contributed by atoms with Crippen molar-refractivity contribution in [2.24, 2.45) is 5.73 Å². The molecule has 0 saturated heterocycles. The first-order valence-electron chi connectivity index (χ1n) is 9.22. The molecule has 1 amide bonds. The van der Waals surface area contributed by atoms with Crippen LogP contribution in [0.1, 0.15) is 13.8 Å². The van der Waals surface area contributed by atoms with Crippen LogP contribution in [0.15, 0.2) is 34.7 Å². The largest absolute Gasteiger partial charge is 0.486 e. The number of hydrogen-bond donors (Lipinski definition) is 2. The van der Waals surface area contributed by atoms with Crippen LogP contribution < -0.4 is 20.9 Å². The molecule has 5 rings (SSSR count). The molecule has 1 unspecified atom stereocenters. The van der Waals surface area contributed by atoms with Crippen LogP contribution in [0.5, 0.6) is 11.5 Å². The van der Waals surface area contributed by atoms with Gasteiger partial charge < -0.3 is 29.9 Å². The highest BCUT2D eigenvalue weighted by Crippen LogP contribution is 2.39. The van der Waals surface area contributed by atoms with E-state index in [-0.39, 0.29) is 12.1 Å². The first-order chi connectivity index (χ1) is 13.9. The number of aromatic nitrogens is 3. The number of benzene rings is 2. The lowest BCUT2D eigenvalue weighted by molar-refractivity contribution is -0.123. The van der Waals surface area contributed by atoms with E-state index in [0.29, 0.717) is 34.7 Å². The summed E-state index contributed by atoms with van der Waals surface area (Å²) < 4.78 is 19.1. The van der Waals surface area contributed by atoms with Gasteiger partial charge in [0, 0.05) is 17.7 Å². The van der Waals surface area contributed by atoms with Gasteiger partial charge in [0.15, 0.2) is 11.7 Å². The Kier molecular flexibility index (Phi) is 3.67. The molecule has 29 heavy (non-hydrogen) atoms. The van der Waals surface area contributed by atoms with Crippen LogP contribution in [0.4, 0.5) is 6.01 Å². The van der Waals surface area contributed by atoms with E-state index in [1.165, 1.54) is 0 Å².